The van der Waals surface area contributed by atoms with E-state index in [1.54, 1.807) is 6.08 Å². The van der Waals surface area contributed by atoms with Crippen LogP contribution in [0.2, 0.25) is 0 Å². The lowest BCUT2D eigenvalue weighted by atomic mass is 10.1. The topological polar surface area (TPSA) is 73.3 Å². The van der Waals surface area contributed by atoms with E-state index in [-0.39, 0.29) is 11.8 Å². The number of para-hydroxylation sites is 2. The van der Waals surface area contributed by atoms with Crippen molar-refractivity contribution in [3.63, 3.8) is 0 Å². The number of benzene rings is 2. The van der Waals surface area contributed by atoms with Crippen LogP contribution in [-0.2, 0) is 4.74 Å². The molecule has 6 heteroatoms. The van der Waals surface area contributed by atoms with Gasteiger partial charge in [0.05, 0.1) is 16.6 Å². The molecule has 5 rings (SSSR count). The van der Waals surface area contributed by atoms with Crippen LogP contribution < -0.4 is 0 Å². The number of hydrogen-bond donors (Lipinski definition) is 1. The van der Waals surface area contributed by atoms with E-state index >= 15 is 0 Å². The molecule has 1 fully saturated rings. The summed E-state index contributed by atoms with van der Waals surface area (Å²) in [5.74, 6) is 1.28. The van der Waals surface area contributed by atoms with E-state index in [0.29, 0.717) is 30.5 Å². The number of aliphatic hydroxyl groups is 1. The van der Waals surface area contributed by atoms with Gasteiger partial charge < -0.3 is 18.8 Å². The molecule has 2 aromatic carbocycles. The molecule has 0 aliphatic carbocycles. The number of rotatable bonds is 5. The fourth-order valence-electron chi connectivity index (χ4n) is 4.15. The fraction of sp³-hybridized carbons (Fsp3) is 0.200. The molecule has 0 unspecified atom stereocenters. The minimum atomic E-state index is 0.0535. The van der Waals surface area contributed by atoms with Crippen molar-refractivity contribution >= 4 is 27.7 Å². The zero-order valence-electron chi connectivity index (χ0n) is 17.1. The lowest BCUT2D eigenvalue weighted by molar-refractivity contribution is 0.0704. The van der Waals surface area contributed by atoms with Gasteiger partial charge in [-0.2, -0.15) is 0 Å². The summed E-state index contributed by atoms with van der Waals surface area (Å²) in [6.07, 6.45) is 4.79. The van der Waals surface area contributed by atoms with Crippen LogP contribution in [0.15, 0.2) is 78.0 Å². The van der Waals surface area contributed by atoms with Gasteiger partial charge in [0, 0.05) is 24.8 Å². The highest BCUT2D eigenvalue weighted by molar-refractivity contribution is 5.87. The lowest BCUT2D eigenvalue weighted by Crippen LogP contribution is -2.21. The number of hydrogen-bond acceptors (Lipinski definition) is 5. The summed E-state index contributed by atoms with van der Waals surface area (Å²) in [6, 6.07) is 13.9. The summed E-state index contributed by atoms with van der Waals surface area (Å²) >= 11 is 0. The Kier molecular flexibility index (Phi) is 4.92. The number of fused-ring (bicyclic) bond motifs is 2. The molecule has 1 saturated heterocycles. The Balaban J connectivity index is 1.69. The highest BCUT2D eigenvalue weighted by Crippen LogP contribution is 2.34. The number of nitrogens with zero attached hydrogens (tertiary/aromatic N) is 3. The van der Waals surface area contributed by atoms with Crippen LogP contribution in [0.25, 0.3) is 39.2 Å². The molecule has 2 aromatic heterocycles. The van der Waals surface area contributed by atoms with Crippen molar-refractivity contribution in [1.82, 2.24) is 14.5 Å². The normalized spacial score (nSPS) is 15.9. The molecular weight excluding hydrogens is 390 g/mol. The Morgan fingerprint density at radius 1 is 1.03 bits per heavy atom. The number of allylic oxidation sites excluding steroid dienone is 3. The summed E-state index contributed by atoms with van der Waals surface area (Å²) in [4.78, 5) is 9.49. The van der Waals surface area contributed by atoms with Gasteiger partial charge in [0.2, 0.25) is 5.89 Å². The van der Waals surface area contributed by atoms with Gasteiger partial charge in [0.15, 0.2) is 5.58 Å². The number of imidazole rings is 1. The van der Waals surface area contributed by atoms with Gasteiger partial charge in [-0.15, -0.1) is 0 Å². The van der Waals surface area contributed by atoms with Gasteiger partial charge >= 0.3 is 0 Å². The Bertz CT molecular complexity index is 1290. The van der Waals surface area contributed by atoms with E-state index in [2.05, 4.69) is 22.7 Å². The van der Waals surface area contributed by atoms with Gasteiger partial charge in [-0.3, -0.25) is 0 Å². The highest BCUT2D eigenvalue weighted by Gasteiger charge is 2.24. The van der Waals surface area contributed by atoms with Gasteiger partial charge in [0.1, 0.15) is 17.1 Å². The molecule has 4 aromatic rings. The molecule has 0 spiro atoms. The van der Waals surface area contributed by atoms with Crippen molar-refractivity contribution in [3.8, 4) is 11.5 Å². The second kappa shape index (κ2) is 7.89. The Hall–Kier alpha value is -3.64. The van der Waals surface area contributed by atoms with Crippen LogP contribution in [0.5, 0.6) is 0 Å². The third kappa shape index (κ3) is 3.35. The molecule has 156 valence electrons. The van der Waals surface area contributed by atoms with E-state index in [9.17, 15) is 5.11 Å². The molecule has 31 heavy (non-hydrogen) atoms. The van der Waals surface area contributed by atoms with Crippen LogP contribution in [0.4, 0.5) is 0 Å². The van der Waals surface area contributed by atoms with Crippen LogP contribution in [0, 0.1) is 0 Å². The van der Waals surface area contributed by atoms with Crippen LogP contribution >= 0.6 is 0 Å². The SMILES string of the molecule is C=C/C(O)=C(\C=C)c1nc2cc(-c3nc4ccccc4o3)ccc2n1C1CCOCC1. The minimum Gasteiger partial charge on any atom is -0.507 e. The zero-order valence-corrected chi connectivity index (χ0v) is 17.1. The van der Waals surface area contributed by atoms with Crippen LogP contribution in [0.3, 0.4) is 0 Å². The van der Waals surface area contributed by atoms with Crippen molar-refractivity contribution in [2.45, 2.75) is 18.9 Å². The quantitative estimate of drug-likeness (QED) is 0.329. The van der Waals surface area contributed by atoms with Gasteiger partial charge in [-0.25, -0.2) is 9.97 Å². The molecule has 6 nitrogen and oxygen atoms in total. The smallest absolute Gasteiger partial charge is 0.227 e. The number of aromatic nitrogens is 3. The molecule has 0 bridgehead atoms. The summed E-state index contributed by atoms with van der Waals surface area (Å²) in [5, 5.41) is 10.4. The third-order valence-corrected chi connectivity index (χ3v) is 5.70. The summed E-state index contributed by atoms with van der Waals surface area (Å²) in [7, 11) is 0. The van der Waals surface area contributed by atoms with E-state index in [1.165, 1.54) is 6.08 Å². The van der Waals surface area contributed by atoms with Crippen molar-refractivity contribution < 1.29 is 14.3 Å². The molecule has 0 amide bonds. The van der Waals surface area contributed by atoms with Gasteiger partial charge in [-0.05, 0) is 49.2 Å². The molecule has 0 saturated carbocycles. The average Bonchev–Trinajstić information content (AvgIpc) is 3.41. The first-order valence-electron chi connectivity index (χ1n) is 10.3. The third-order valence-electron chi connectivity index (χ3n) is 5.70. The molecule has 0 radical (unpaired) electrons. The summed E-state index contributed by atoms with van der Waals surface area (Å²) < 4.78 is 13.7. The molecule has 3 heterocycles. The van der Waals surface area contributed by atoms with E-state index in [0.717, 1.165) is 40.5 Å². The van der Waals surface area contributed by atoms with E-state index in [4.69, 9.17) is 14.1 Å². The monoisotopic (exact) mass is 413 g/mol. The molecule has 0 atom stereocenters. The Morgan fingerprint density at radius 3 is 2.58 bits per heavy atom. The van der Waals surface area contributed by atoms with E-state index in [1.807, 2.05) is 42.5 Å². The fourth-order valence-corrected chi connectivity index (χ4v) is 4.15. The summed E-state index contributed by atoms with van der Waals surface area (Å²) in [6.45, 7) is 8.98. The number of ether oxygens (including phenoxy) is 1. The predicted octanol–water partition coefficient (Wildman–Crippen LogP) is 5.84. The maximum Gasteiger partial charge on any atom is 0.227 e. The highest BCUT2D eigenvalue weighted by atomic mass is 16.5. The largest absolute Gasteiger partial charge is 0.507 e. The van der Waals surface area contributed by atoms with Gasteiger partial charge in [0.25, 0.3) is 0 Å². The second-order valence-corrected chi connectivity index (χ2v) is 7.55. The van der Waals surface area contributed by atoms with Crippen molar-refractivity contribution in [2.24, 2.45) is 0 Å². The maximum absolute atomic E-state index is 10.4. The summed E-state index contributed by atoms with van der Waals surface area (Å²) in [5.41, 5.74) is 4.76. The lowest BCUT2D eigenvalue weighted by Gasteiger charge is -2.26. The molecule has 1 N–H and O–H groups in total. The first-order valence-corrected chi connectivity index (χ1v) is 10.3. The molecular formula is C25H23N3O3. The predicted molar refractivity (Wildman–Crippen MR) is 122 cm³/mol. The van der Waals surface area contributed by atoms with Crippen molar-refractivity contribution in [1.29, 1.82) is 0 Å². The van der Waals surface area contributed by atoms with Crippen molar-refractivity contribution in [3.05, 3.63) is 79.4 Å². The number of aliphatic hydroxyl groups excluding tert-OH is 1. The number of oxazole rings is 1. The minimum absolute atomic E-state index is 0.0535. The van der Waals surface area contributed by atoms with Crippen LogP contribution in [0.1, 0.15) is 24.7 Å². The van der Waals surface area contributed by atoms with Crippen LogP contribution in [-0.4, -0.2) is 32.9 Å². The average molecular weight is 413 g/mol. The zero-order chi connectivity index (χ0) is 21.4. The maximum atomic E-state index is 10.4. The first-order chi connectivity index (χ1) is 15.2. The molecule has 1 aliphatic heterocycles. The molecule has 1 aliphatic rings. The Morgan fingerprint density at radius 2 is 1.84 bits per heavy atom. The second-order valence-electron chi connectivity index (χ2n) is 7.55. The standard InChI is InChI=1S/C25H23N3O3/c1-3-18(22(29)4-2)24-26-20-15-16(25-27-19-7-5-6-8-23(19)31-25)9-10-21(20)28(24)17-11-13-30-14-12-17/h3-10,15,17,29H,1-2,11-14H2/b22-18-. The first kappa shape index (κ1) is 19.3. The van der Waals surface area contributed by atoms with E-state index < -0.39 is 0 Å². The van der Waals surface area contributed by atoms with Crippen molar-refractivity contribution in [2.75, 3.05) is 13.2 Å². The Labute approximate surface area is 179 Å². The van der Waals surface area contributed by atoms with Gasteiger partial charge in [-0.1, -0.05) is 31.4 Å².